The highest BCUT2D eigenvalue weighted by molar-refractivity contribution is 7.15. The molecule has 0 bridgehead atoms. The number of anilines is 1. The van der Waals surface area contributed by atoms with Gasteiger partial charge in [-0.3, -0.25) is 4.90 Å². The summed E-state index contributed by atoms with van der Waals surface area (Å²) in [5.74, 6) is 1.77. The van der Waals surface area contributed by atoms with Gasteiger partial charge in [0.05, 0.1) is 5.69 Å². The summed E-state index contributed by atoms with van der Waals surface area (Å²) in [7, 11) is 2.03. The quantitative estimate of drug-likeness (QED) is 0.874. The first-order chi connectivity index (χ1) is 10.3. The first kappa shape index (κ1) is 14.0. The Morgan fingerprint density at radius 3 is 2.52 bits per heavy atom. The minimum Gasteiger partial charge on any atom is -0.346 e. The molecule has 0 radical (unpaired) electrons. The number of thiazole rings is 1. The summed E-state index contributed by atoms with van der Waals surface area (Å²) in [6, 6.07) is 0. The van der Waals surface area contributed by atoms with Gasteiger partial charge >= 0.3 is 0 Å². The number of piperazine rings is 1. The summed E-state index contributed by atoms with van der Waals surface area (Å²) in [6.45, 7) is 7.06. The highest BCUT2D eigenvalue weighted by Gasteiger charge is 2.31. The largest absolute Gasteiger partial charge is 0.346 e. The lowest BCUT2D eigenvalue weighted by atomic mass is 10.2. The minimum atomic E-state index is 0.759. The van der Waals surface area contributed by atoms with E-state index in [1.54, 1.807) is 0 Å². The van der Waals surface area contributed by atoms with Crippen molar-refractivity contribution in [1.82, 2.24) is 15.2 Å². The number of aromatic nitrogens is 1. The molecule has 4 rings (SSSR count). The molecule has 1 aromatic heterocycles. The van der Waals surface area contributed by atoms with Crippen molar-refractivity contribution in [2.45, 2.75) is 38.1 Å². The van der Waals surface area contributed by atoms with Crippen LogP contribution in [0.1, 0.15) is 42.2 Å². The molecule has 1 saturated heterocycles. The van der Waals surface area contributed by atoms with Crippen LogP contribution in [-0.4, -0.2) is 49.7 Å². The Labute approximate surface area is 131 Å². The standard InChI is InChI=1S/C16H26N4S/c1-17-10-14-15(13-4-5-13)18-16(21-14)20-8-6-19(7-9-20)11-12-2-3-12/h12-13,17H,2-11H2,1H3. The number of rotatable bonds is 6. The molecule has 0 unspecified atom stereocenters. The molecule has 3 fully saturated rings. The fraction of sp³-hybridized carbons (Fsp3) is 0.812. The van der Waals surface area contributed by atoms with Crippen LogP contribution in [0, 0.1) is 5.92 Å². The van der Waals surface area contributed by atoms with Crippen molar-refractivity contribution in [1.29, 1.82) is 0 Å². The zero-order valence-corrected chi connectivity index (χ0v) is 13.8. The maximum absolute atomic E-state index is 5.00. The fourth-order valence-electron chi connectivity index (χ4n) is 3.24. The number of hydrogen-bond donors (Lipinski definition) is 1. The van der Waals surface area contributed by atoms with Gasteiger partial charge in [0.1, 0.15) is 0 Å². The lowest BCUT2D eigenvalue weighted by molar-refractivity contribution is 0.248. The molecule has 0 amide bonds. The predicted molar refractivity (Wildman–Crippen MR) is 88.2 cm³/mol. The van der Waals surface area contributed by atoms with Gasteiger partial charge in [0.15, 0.2) is 5.13 Å². The Morgan fingerprint density at radius 1 is 1.14 bits per heavy atom. The SMILES string of the molecule is CNCc1sc(N2CCN(CC3CC3)CC2)nc1C1CC1. The Hall–Kier alpha value is -0.650. The van der Waals surface area contributed by atoms with E-state index in [2.05, 4.69) is 15.1 Å². The lowest BCUT2D eigenvalue weighted by Crippen LogP contribution is -2.47. The molecule has 5 heteroatoms. The van der Waals surface area contributed by atoms with E-state index in [-0.39, 0.29) is 0 Å². The molecule has 0 spiro atoms. The van der Waals surface area contributed by atoms with Crippen LogP contribution in [0.25, 0.3) is 0 Å². The topological polar surface area (TPSA) is 31.4 Å². The number of nitrogens with one attached hydrogen (secondary N) is 1. The third-order valence-electron chi connectivity index (χ3n) is 4.87. The molecule has 2 saturated carbocycles. The van der Waals surface area contributed by atoms with Gasteiger partial charge in [-0.1, -0.05) is 0 Å². The Morgan fingerprint density at radius 2 is 1.90 bits per heavy atom. The van der Waals surface area contributed by atoms with Crippen molar-refractivity contribution in [2.75, 3.05) is 44.7 Å². The normalized spacial score (nSPS) is 23.8. The smallest absolute Gasteiger partial charge is 0.185 e. The van der Waals surface area contributed by atoms with Crippen molar-refractivity contribution in [3.63, 3.8) is 0 Å². The summed E-state index contributed by atoms with van der Waals surface area (Å²) < 4.78 is 0. The van der Waals surface area contributed by atoms with Gasteiger partial charge < -0.3 is 10.2 Å². The molecule has 0 atom stereocenters. The molecule has 116 valence electrons. The second-order valence-corrected chi connectivity index (χ2v) is 7.90. The van der Waals surface area contributed by atoms with Gasteiger partial charge in [-0.2, -0.15) is 0 Å². The third kappa shape index (κ3) is 3.25. The van der Waals surface area contributed by atoms with Gasteiger partial charge in [-0.25, -0.2) is 4.98 Å². The molecule has 4 nitrogen and oxygen atoms in total. The van der Waals surface area contributed by atoms with E-state index in [1.165, 1.54) is 61.0 Å². The van der Waals surface area contributed by atoms with Gasteiger partial charge in [0.25, 0.3) is 0 Å². The zero-order chi connectivity index (χ0) is 14.2. The van der Waals surface area contributed by atoms with Crippen LogP contribution in [0.5, 0.6) is 0 Å². The fourth-order valence-corrected chi connectivity index (χ4v) is 4.45. The Kier molecular flexibility index (Phi) is 3.90. The molecule has 2 aliphatic carbocycles. The van der Waals surface area contributed by atoms with E-state index in [0.717, 1.165) is 31.5 Å². The van der Waals surface area contributed by atoms with Crippen molar-refractivity contribution in [3.05, 3.63) is 10.6 Å². The predicted octanol–water partition coefficient (Wildman–Crippen LogP) is 2.27. The first-order valence-corrected chi connectivity index (χ1v) is 9.26. The molecule has 0 aromatic carbocycles. The van der Waals surface area contributed by atoms with Crippen molar-refractivity contribution < 1.29 is 0 Å². The highest BCUT2D eigenvalue weighted by atomic mass is 32.1. The molecule has 1 N–H and O–H groups in total. The molecule has 2 heterocycles. The van der Waals surface area contributed by atoms with Crippen LogP contribution in [-0.2, 0) is 6.54 Å². The van der Waals surface area contributed by atoms with Crippen molar-refractivity contribution >= 4 is 16.5 Å². The van der Waals surface area contributed by atoms with Crippen LogP contribution in [0.3, 0.4) is 0 Å². The molecule has 1 aromatic rings. The zero-order valence-electron chi connectivity index (χ0n) is 13.0. The van der Waals surface area contributed by atoms with Gasteiger partial charge in [-0.05, 0) is 38.6 Å². The van der Waals surface area contributed by atoms with Gasteiger partial charge in [-0.15, -0.1) is 11.3 Å². The lowest BCUT2D eigenvalue weighted by Gasteiger charge is -2.34. The third-order valence-corrected chi connectivity index (χ3v) is 6.01. The van der Waals surface area contributed by atoms with E-state index in [0.29, 0.717) is 0 Å². The summed E-state index contributed by atoms with van der Waals surface area (Å²) >= 11 is 1.92. The highest BCUT2D eigenvalue weighted by Crippen LogP contribution is 2.44. The van der Waals surface area contributed by atoms with Crippen molar-refractivity contribution in [3.8, 4) is 0 Å². The maximum Gasteiger partial charge on any atom is 0.185 e. The summed E-state index contributed by atoms with van der Waals surface area (Å²) in [4.78, 5) is 11.6. The van der Waals surface area contributed by atoms with E-state index in [4.69, 9.17) is 4.98 Å². The van der Waals surface area contributed by atoms with Crippen molar-refractivity contribution in [2.24, 2.45) is 5.92 Å². The van der Waals surface area contributed by atoms with E-state index in [9.17, 15) is 0 Å². The summed E-state index contributed by atoms with van der Waals surface area (Å²) in [6.07, 6.45) is 5.61. The van der Waals surface area contributed by atoms with Crippen LogP contribution < -0.4 is 10.2 Å². The second-order valence-electron chi connectivity index (χ2n) is 6.84. The summed E-state index contributed by atoms with van der Waals surface area (Å²) in [5, 5.41) is 4.57. The molecular formula is C16H26N4S. The van der Waals surface area contributed by atoms with E-state index < -0.39 is 0 Å². The molecular weight excluding hydrogens is 280 g/mol. The molecule has 21 heavy (non-hydrogen) atoms. The number of hydrogen-bond acceptors (Lipinski definition) is 5. The summed E-state index contributed by atoms with van der Waals surface area (Å²) in [5.41, 5.74) is 1.39. The average Bonchev–Trinajstić information content (AvgIpc) is 3.41. The van der Waals surface area contributed by atoms with Gasteiger partial charge in [0, 0.05) is 50.1 Å². The van der Waals surface area contributed by atoms with Crippen LogP contribution >= 0.6 is 11.3 Å². The molecule has 1 aliphatic heterocycles. The van der Waals surface area contributed by atoms with Crippen LogP contribution in [0.15, 0.2) is 0 Å². The van der Waals surface area contributed by atoms with Gasteiger partial charge in [0.2, 0.25) is 0 Å². The first-order valence-electron chi connectivity index (χ1n) is 8.45. The number of nitrogens with zero attached hydrogens (tertiary/aromatic N) is 3. The monoisotopic (exact) mass is 306 g/mol. The average molecular weight is 306 g/mol. The van der Waals surface area contributed by atoms with E-state index >= 15 is 0 Å². The maximum atomic E-state index is 5.00. The van der Waals surface area contributed by atoms with Crippen LogP contribution in [0.4, 0.5) is 5.13 Å². The minimum absolute atomic E-state index is 0.759. The Balaban J connectivity index is 1.40. The Bertz CT molecular complexity index is 484. The second kappa shape index (κ2) is 5.86. The molecule has 3 aliphatic rings. The van der Waals surface area contributed by atoms with Crippen LogP contribution in [0.2, 0.25) is 0 Å². The van der Waals surface area contributed by atoms with E-state index in [1.807, 2.05) is 18.4 Å².